The third kappa shape index (κ3) is 4.34. The number of nitrogens with one attached hydrogen (secondary N) is 1. The molecule has 0 saturated carbocycles. The van der Waals surface area contributed by atoms with Gasteiger partial charge in [0.25, 0.3) is 5.69 Å². The normalized spacial score (nSPS) is 11.7. The number of hydrogen-bond acceptors (Lipinski definition) is 7. The Morgan fingerprint density at radius 2 is 1.83 bits per heavy atom. The summed E-state index contributed by atoms with van der Waals surface area (Å²) in [4.78, 5) is 52.2. The van der Waals surface area contributed by atoms with Gasteiger partial charge in [-0.25, -0.2) is 4.79 Å². The number of ketones is 2. The Bertz CT molecular complexity index is 1010. The Morgan fingerprint density at radius 1 is 1.21 bits per heavy atom. The van der Waals surface area contributed by atoms with Crippen LogP contribution in [0.3, 0.4) is 0 Å². The summed E-state index contributed by atoms with van der Waals surface area (Å²) in [5.74, 6) is -1.53. The molecule has 154 valence electrons. The lowest BCUT2D eigenvalue weighted by Crippen LogP contribution is -2.26. The molecule has 0 saturated heterocycles. The zero-order chi connectivity index (χ0) is 22.0. The standard InChI is InChI=1S/C20H23N3O6/c1-10-17(12(3)24)11(2)21-18(10)19(25)13(4)29-20(26)15-9-14(23(27)28)7-8-16(15)22(5)6/h7-9,13,21H,1-6H3/t13-/m0/s1. The smallest absolute Gasteiger partial charge is 0.341 e. The summed E-state index contributed by atoms with van der Waals surface area (Å²) < 4.78 is 5.30. The molecule has 0 aliphatic carbocycles. The van der Waals surface area contributed by atoms with Gasteiger partial charge in [-0.05, 0) is 39.3 Å². The van der Waals surface area contributed by atoms with E-state index in [-0.39, 0.29) is 22.7 Å². The number of aromatic nitrogens is 1. The number of non-ortho nitro benzene ring substituents is 1. The number of aromatic amines is 1. The summed E-state index contributed by atoms with van der Waals surface area (Å²) in [7, 11) is 3.36. The Balaban J connectivity index is 2.33. The van der Waals surface area contributed by atoms with Crippen molar-refractivity contribution in [3.05, 3.63) is 56.4 Å². The first-order valence-corrected chi connectivity index (χ1v) is 8.86. The van der Waals surface area contributed by atoms with Crippen molar-refractivity contribution < 1.29 is 24.0 Å². The Labute approximate surface area is 167 Å². The fraction of sp³-hybridized carbons (Fsp3) is 0.350. The van der Waals surface area contributed by atoms with Crippen LogP contribution in [0.2, 0.25) is 0 Å². The van der Waals surface area contributed by atoms with Gasteiger partial charge in [-0.3, -0.25) is 19.7 Å². The predicted molar refractivity (Wildman–Crippen MR) is 107 cm³/mol. The van der Waals surface area contributed by atoms with E-state index in [9.17, 15) is 24.5 Å². The Morgan fingerprint density at radius 3 is 2.31 bits per heavy atom. The maximum absolute atomic E-state index is 12.8. The molecular formula is C20H23N3O6. The molecule has 1 N–H and O–H groups in total. The van der Waals surface area contributed by atoms with Gasteiger partial charge < -0.3 is 14.6 Å². The number of rotatable bonds is 7. The highest BCUT2D eigenvalue weighted by Gasteiger charge is 2.28. The zero-order valence-electron chi connectivity index (χ0n) is 17.2. The van der Waals surface area contributed by atoms with Crippen molar-refractivity contribution >= 4 is 28.9 Å². The number of carbonyl (C=O) groups excluding carboxylic acids is 3. The number of nitro benzene ring substituents is 1. The fourth-order valence-electron chi connectivity index (χ4n) is 3.20. The van der Waals surface area contributed by atoms with Crippen LogP contribution < -0.4 is 4.90 Å². The van der Waals surface area contributed by atoms with Gasteiger partial charge in [-0.2, -0.15) is 0 Å². The predicted octanol–water partition coefficient (Wildman–Crippen LogP) is 3.24. The number of nitrogens with zero attached hydrogens (tertiary/aromatic N) is 2. The lowest BCUT2D eigenvalue weighted by atomic mass is 10.0. The van der Waals surface area contributed by atoms with Crippen molar-refractivity contribution in [2.75, 3.05) is 19.0 Å². The molecule has 29 heavy (non-hydrogen) atoms. The Kier molecular flexibility index (Phi) is 6.21. The second-order valence-corrected chi connectivity index (χ2v) is 6.95. The molecule has 1 atom stereocenters. The quantitative estimate of drug-likeness (QED) is 0.327. The van der Waals surface area contributed by atoms with Crippen LogP contribution >= 0.6 is 0 Å². The second kappa shape index (κ2) is 8.26. The minimum absolute atomic E-state index is 0.0207. The maximum Gasteiger partial charge on any atom is 0.341 e. The molecule has 2 rings (SSSR count). The van der Waals surface area contributed by atoms with Crippen molar-refractivity contribution in [1.29, 1.82) is 0 Å². The summed E-state index contributed by atoms with van der Waals surface area (Å²) >= 11 is 0. The maximum atomic E-state index is 12.8. The number of Topliss-reactive ketones (excluding diaryl/α,β-unsaturated/α-hetero) is 2. The van der Waals surface area contributed by atoms with Gasteiger partial charge in [0.05, 0.1) is 21.9 Å². The summed E-state index contributed by atoms with van der Waals surface area (Å²) in [6, 6.07) is 3.85. The molecule has 0 unspecified atom stereocenters. The second-order valence-electron chi connectivity index (χ2n) is 6.95. The van der Waals surface area contributed by atoms with Crippen molar-refractivity contribution in [3.8, 4) is 0 Å². The molecular weight excluding hydrogens is 378 g/mol. The van der Waals surface area contributed by atoms with Crippen molar-refractivity contribution in [2.24, 2.45) is 0 Å². The van der Waals surface area contributed by atoms with Crippen molar-refractivity contribution in [3.63, 3.8) is 0 Å². The lowest BCUT2D eigenvalue weighted by molar-refractivity contribution is -0.384. The molecule has 0 aliphatic heterocycles. The largest absolute Gasteiger partial charge is 0.451 e. The van der Waals surface area contributed by atoms with Crippen LogP contribution in [-0.4, -0.2) is 47.6 Å². The fourth-order valence-corrected chi connectivity index (χ4v) is 3.20. The summed E-state index contributed by atoms with van der Waals surface area (Å²) in [5, 5.41) is 11.1. The molecule has 0 spiro atoms. The lowest BCUT2D eigenvalue weighted by Gasteiger charge is -2.18. The molecule has 9 nitrogen and oxygen atoms in total. The first-order valence-electron chi connectivity index (χ1n) is 8.86. The van der Waals surface area contributed by atoms with E-state index in [0.717, 1.165) is 6.07 Å². The van der Waals surface area contributed by atoms with E-state index in [2.05, 4.69) is 4.98 Å². The average molecular weight is 401 g/mol. The van der Waals surface area contributed by atoms with Crippen LogP contribution in [0.4, 0.5) is 11.4 Å². The molecule has 0 amide bonds. The van der Waals surface area contributed by atoms with Gasteiger partial charge in [0.15, 0.2) is 11.9 Å². The molecule has 9 heteroatoms. The molecule has 0 radical (unpaired) electrons. The van der Waals surface area contributed by atoms with E-state index < -0.39 is 22.8 Å². The number of hydrogen-bond donors (Lipinski definition) is 1. The van der Waals surface area contributed by atoms with Crippen LogP contribution in [0.1, 0.15) is 56.3 Å². The first-order chi connectivity index (χ1) is 13.5. The van der Waals surface area contributed by atoms with E-state index in [1.807, 2.05) is 0 Å². The highest BCUT2D eigenvalue weighted by atomic mass is 16.6. The monoisotopic (exact) mass is 401 g/mol. The van der Waals surface area contributed by atoms with Gasteiger partial charge in [-0.1, -0.05) is 0 Å². The molecule has 2 aromatic rings. The van der Waals surface area contributed by atoms with Gasteiger partial charge in [0.2, 0.25) is 5.78 Å². The summed E-state index contributed by atoms with van der Waals surface area (Å²) in [6.45, 7) is 6.15. The minimum Gasteiger partial charge on any atom is -0.451 e. The van der Waals surface area contributed by atoms with Crippen molar-refractivity contribution in [2.45, 2.75) is 33.8 Å². The molecule has 1 aromatic carbocycles. The number of nitro groups is 1. The molecule has 0 bridgehead atoms. The molecule has 1 heterocycles. The number of aryl methyl sites for hydroxylation is 1. The average Bonchev–Trinajstić information content (AvgIpc) is 2.94. The topological polar surface area (TPSA) is 123 Å². The number of benzene rings is 1. The van der Waals surface area contributed by atoms with Gasteiger partial charge >= 0.3 is 5.97 Å². The molecule has 0 aliphatic rings. The highest BCUT2D eigenvalue weighted by molar-refractivity contribution is 6.06. The van der Waals surface area contributed by atoms with Crippen LogP contribution in [0, 0.1) is 24.0 Å². The van der Waals surface area contributed by atoms with E-state index >= 15 is 0 Å². The molecule has 0 fully saturated rings. The van der Waals surface area contributed by atoms with Crippen LogP contribution in [0.15, 0.2) is 18.2 Å². The van der Waals surface area contributed by atoms with Crippen LogP contribution in [0.5, 0.6) is 0 Å². The van der Waals surface area contributed by atoms with Crippen LogP contribution in [0.25, 0.3) is 0 Å². The number of H-pyrrole nitrogens is 1. The summed E-state index contributed by atoms with van der Waals surface area (Å²) in [6.07, 6.45) is -1.16. The van der Waals surface area contributed by atoms with E-state index in [4.69, 9.17) is 4.74 Å². The van der Waals surface area contributed by atoms with Gasteiger partial charge in [0, 0.05) is 37.5 Å². The summed E-state index contributed by atoms with van der Waals surface area (Å²) in [5.41, 5.74) is 1.82. The van der Waals surface area contributed by atoms with Crippen LogP contribution in [-0.2, 0) is 4.74 Å². The SMILES string of the molecule is CC(=O)c1c(C)[nH]c(C(=O)[C@H](C)OC(=O)c2cc([N+](=O)[O-])ccc2N(C)C)c1C. The molecule has 1 aromatic heterocycles. The zero-order valence-corrected chi connectivity index (χ0v) is 17.2. The van der Waals surface area contributed by atoms with E-state index in [1.165, 1.54) is 26.0 Å². The Hall–Kier alpha value is -3.49. The number of anilines is 1. The number of ether oxygens (including phenoxy) is 1. The first kappa shape index (κ1) is 21.8. The van der Waals surface area contributed by atoms with Gasteiger partial charge in [0.1, 0.15) is 0 Å². The van der Waals surface area contributed by atoms with Gasteiger partial charge in [-0.15, -0.1) is 0 Å². The van der Waals surface area contributed by atoms with E-state index in [1.54, 1.807) is 32.8 Å². The third-order valence-corrected chi connectivity index (χ3v) is 4.58. The van der Waals surface area contributed by atoms with E-state index in [0.29, 0.717) is 22.5 Å². The van der Waals surface area contributed by atoms with Crippen molar-refractivity contribution in [1.82, 2.24) is 4.98 Å². The minimum atomic E-state index is -1.16. The number of esters is 1. The third-order valence-electron chi connectivity index (χ3n) is 4.58. The number of carbonyl (C=O) groups is 3. The highest BCUT2D eigenvalue weighted by Crippen LogP contribution is 2.26.